The fourth-order valence-corrected chi connectivity index (χ4v) is 2.66. The molecule has 20 heavy (non-hydrogen) atoms. The molecule has 1 atom stereocenters. The molecule has 0 spiro atoms. The molecule has 5 heteroatoms. The van der Waals surface area contributed by atoms with Gasteiger partial charge >= 0.3 is 0 Å². The van der Waals surface area contributed by atoms with E-state index in [0.29, 0.717) is 6.04 Å². The SMILES string of the molecule is CC1CNCCN1c1ncc(-c2ccc(Br)cc2)cn1. The Morgan fingerprint density at radius 3 is 2.50 bits per heavy atom. The van der Waals surface area contributed by atoms with E-state index >= 15 is 0 Å². The Labute approximate surface area is 127 Å². The molecule has 0 saturated carbocycles. The Morgan fingerprint density at radius 1 is 1.15 bits per heavy atom. The normalized spacial score (nSPS) is 19.1. The number of benzene rings is 1. The van der Waals surface area contributed by atoms with E-state index in [4.69, 9.17) is 0 Å². The van der Waals surface area contributed by atoms with Gasteiger partial charge in [0.05, 0.1) is 0 Å². The molecule has 0 amide bonds. The highest BCUT2D eigenvalue weighted by atomic mass is 79.9. The lowest BCUT2D eigenvalue weighted by atomic mass is 10.1. The van der Waals surface area contributed by atoms with Gasteiger partial charge in [0.1, 0.15) is 0 Å². The van der Waals surface area contributed by atoms with E-state index in [9.17, 15) is 0 Å². The van der Waals surface area contributed by atoms with Crippen LogP contribution >= 0.6 is 15.9 Å². The molecule has 104 valence electrons. The summed E-state index contributed by atoms with van der Waals surface area (Å²) in [5.74, 6) is 0.819. The zero-order chi connectivity index (χ0) is 13.9. The maximum atomic E-state index is 4.53. The van der Waals surface area contributed by atoms with Gasteiger partial charge in [0.15, 0.2) is 0 Å². The van der Waals surface area contributed by atoms with Gasteiger partial charge in [-0.25, -0.2) is 9.97 Å². The van der Waals surface area contributed by atoms with Crippen molar-refractivity contribution in [2.24, 2.45) is 0 Å². The lowest BCUT2D eigenvalue weighted by molar-refractivity contribution is 0.493. The van der Waals surface area contributed by atoms with E-state index in [2.05, 4.69) is 55.2 Å². The number of rotatable bonds is 2. The van der Waals surface area contributed by atoms with Crippen molar-refractivity contribution in [3.8, 4) is 11.1 Å². The Bertz CT molecular complexity index is 567. The lowest BCUT2D eigenvalue weighted by Crippen LogP contribution is -2.50. The molecule has 1 aliphatic rings. The van der Waals surface area contributed by atoms with E-state index in [1.165, 1.54) is 0 Å². The smallest absolute Gasteiger partial charge is 0.225 e. The monoisotopic (exact) mass is 332 g/mol. The van der Waals surface area contributed by atoms with Gasteiger partial charge < -0.3 is 10.2 Å². The Balaban J connectivity index is 1.82. The van der Waals surface area contributed by atoms with Gasteiger partial charge in [-0.2, -0.15) is 0 Å². The predicted molar refractivity (Wildman–Crippen MR) is 84.8 cm³/mol. The van der Waals surface area contributed by atoms with Gasteiger partial charge in [0.25, 0.3) is 0 Å². The summed E-state index contributed by atoms with van der Waals surface area (Å²) in [6, 6.07) is 8.62. The predicted octanol–water partition coefficient (Wildman–Crippen LogP) is 2.70. The summed E-state index contributed by atoms with van der Waals surface area (Å²) < 4.78 is 1.08. The summed E-state index contributed by atoms with van der Waals surface area (Å²) in [5.41, 5.74) is 2.18. The number of nitrogens with zero attached hydrogens (tertiary/aromatic N) is 3. The first-order valence-corrected chi connectivity index (χ1v) is 7.59. The van der Waals surface area contributed by atoms with Crippen molar-refractivity contribution in [2.75, 3.05) is 24.5 Å². The second-order valence-corrected chi connectivity index (χ2v) is 5.94. The third-order valence-corrected chi connectivity index (χ3v) is 4.10. The second-order valence-electron chi connectivity index (χ2n) is 5.03. The largest absolute Gasteiger partial charge is 0.336 e. The number of hydrogen-bond acceptors (Lipinski definition) is 4. The summed E-state index contributed by atoms with van der Waals surface area (Å²) in [5, 5.41) is 3.38. The van der Waals surface area contributed by atoms with Crippen molar-refractivity contribution in [2.45, 2.75) is 13.0 Å². The van der Waals surface area contributed by atoms with Crippen LogP contribution in [0.1, 0.15) is 6.92 Å². The molecular formula is C15H17BrN4. The molecule has 1 aromatic heterocycles. The van der Waals surface area contributed by atoms with Crippen LogP contribution in [0.2, 0.25) is 0 Å². The van der Waals surface area contributed by atoms with Crippen LogP contribution < -0.4 is 10.2 Å². The van der Waals surface area contributed by atoms with Crippen molar-refractivity contribution in [3.05, 3.63) is 41.1 Å². The zero-order valence-corrected chi connectivity index (χ0v) is 13.0. The molecule has 1 saturated heterocycles. The Hall–Kier alpha value is -1.46. The van der Waals surface area contributed by atoms with E-state index in [1.54, 1.807) is 0 Å². The first kappa shape index (κ1) is 13.5. The maximum absolute atomic E-state index is 4.53. The molecule has 1 fully saturated rings. The first-order chi connectivity index (χ1) is 9.74. The fraction of sp³-hybridized carbons (Fsp3) is 0.333. The molecule has 0 radical (unpaired) electrons. The van der Waals surface area contributed by atoms with E-state index in [1.807, 2.05) is 24.5 Å². The van der Waals surface area contributed by atoms with Crippen LogP contribution in [0.3, 0.4) is 0 Å². The van der Waals surface area contributed by atoms with E-state index in [0.717, 1.165) is 41.2 Å². The second kappa shape index (κ2) is 5.89. The quantitative estimate of drug-likeness (QED) is 0.918. The van der Waals surface area contributed by atoms with Crippen molar-refractivity contribution in [3.63, 3.8) is 0 Å². The van der Waals surface area contributed by atoms with Gasteiger partial charge in [-0.3, -0.25) is 0 Å². The third-order valence-electron chi connectivity index (χ3n) is 3.57. The summed E-state index contributed by atoms with van der Waals surface area (Å²) in [6.07, 6.45) is 3.81. The van der Waals surface area contributed by atoms with Crippen molar-refractivity contribution in [1.82, 2.24) is 15.3 Å². The van der Waals surface area contributed by atoms with Crippen LogP contribution in [0.15, 0.2) is 41.1 Å². The van der Waals surface area contributed by atoms with Crippen LogP contribution in [-0.4, -0.2) is 35.6 Å². The minimum atomic E-state index is 0.433. The highest BCUT2D eigenvalue weighted by Gasteiger charge is 2.20. The van der Waals surface area contributed by atoms with E-state index < -0.39 is 0 Å². The molecule has 1 N–H and O–H groups in total. The minimum absolute atomic E-state index is 0.433. The zero-order valence-electron chi connectivity index (χ0n) is 11.4. The van der Waals surface area contributed by atoms with Gasteiger partial charge in [-0.15, -0.1) is 0 Å². The van der Waals surface area contributed by atoms with Crippen LogP contribution in [0.5, 0.6) is 0 Å². The average molecular weight is 333 g/mol. The highest BCUT2D eigenvalue weighted by Crippen LogP contribution is 2.22. The molecule has 2 heterocycles. The fourth-order valence-electron chi connectivity index (χ4n) is 2.40. The summed E-state index contributed by atoms with van der Waals surface area (Å²) in [7, 11) is 0. The van der Waals surface area contributed by atoms with Crippen molar-refractivity contribution in [1.29, 1.82) is 0 Å². The van der Waals surface area contributed by atoms with Crippen molar-refractivity contribution < 1.29 is 0 Å². The van der Waals surface area contributed by atoms with Gasteiger partial charge in [-0.05, 0) is 24.6 Å². The van der Waals surface area contributed by atoms with Crippen molar-refractivity contribution >= 4 is 21.9 Å². The van der Waals surface area contributed by atoms with Crippen LogP contribution in [0.4, 0.5) is 5.95 Å². The standard InChI is InChI=1S/C15H17BrN4/c1-11-8-17-6-7-20(11)15-18-9-13(10-19-15)12-2-4-14(16)5-3-12/h2-5,9-11,17H,6-8H2,1H3. The van der Waals surface area contributed by atoms with E-state index in [-0.39, 0.29) is 0 Å². The third kappa shape index (κ3) is 2.83. The van der Waals surface area contributed by atoms with Gasteiger partial charge in [-0.1, -0.05) is 28.1 Å². The molecule has 1 unspecified atom stereocenters. The summed E-state index contributed by atoms with van der Waals surface area (Å²) >= 11 is 3.44. The number of hydrogen-bond donors (Lipinski definition) is 1. The Morgan fingerprint density at radius 2 is 1.85 bits per heavy atom. The molecule has 0 aliphatic carbocycles. The molecule has 1 aromatic carbocycles. The molecule has 0 bridgehead atoms. The number of anilines is 1. The number of halogens is 1. The maximum Gasteiger partial charge on any atom is 0.225 e. The molecule has 1 aliphatic heterocycles. The lowest BCUT2D eigenvalue weighted by Gasteiger charge is -2.33. The summed E-state index contributed by atoms with van der Waals surface area (Å²) in [6.45, 7) is 5.12. The molecular weight excluding hydrogens is 316 g/mol. The van der Waals surface area contributed by atoms with Crippen LogP contribution in [0.25, 0.3) is 11.1 Å². The Kier molecular flexibility index (Phi) is 3.98. The highest BCUT2D eigenvalue weighted by molar-refractivity contribution is 9.10. The van der Waals surface area contributed by atoms with Gasteiger partial charge in [0.2, 0.25) is 5.95 Å². The van der Waals surface area contributed by atoms with Gasteiger partial charge in [0, 0.05) is 48.1 Å². The number of aromatic nitrogens is 2. The molecule has 2 aromatic rings. The van der Waals surface area contributed by atoms with Crippen LogP contribution in [0, 0.1) is 0 Å². The average Bonchev–Trinajstić information content (AvgIpc) is 2.49. The molecule has 4 nitrogen and oxygen atoms in total. The number of piperazine rings is 1. The van der Waals surface area contributed by atoms with Crippen LogP contribution in [-0.2, 0) is 0 Å². The summed E-state index contributed by atoms with van der Waals surface area (Å²) in [4.78, 5) is 11.3. The topological polar surface area (TPSA) is 41.0 Å². The first-order valence-electron chi connectivity index (χ1n) is 6.79. The number of nitrogens with one attached hydrogen (secondary N) is 1. The molecule has 3 rings (SSSR count). The minimum Gasteiger partial charge on any atom is -0.336 e.